The smallest absolute Gasteiger partial charge is 0.307 e. The van der Waals surface area contributed by atoms with Gasteiger partial charge in [0, 0.05) is 12.6 Å². The number of rotatable bonds is 4. The Hall–Kier alpha value is -1.50. The van der Waals surface area contributed by atoms with Crippen molar-refractivity contribution in [3.63, 3.8) is 0 Å². The van der Waals surface area contributed by atoms with Crippen LogP contribution >= 0.6 is 11.5 Å². The molecule has 1 aliphatic heterocycles. The van der Waals surface area contributed by atoms with Gasteiger partial charge in [0.15, 0.2) is 0 Å². The first-order chi connectivity index (χ1) is 10.0. The maximum absolute atomic E-state index is 12.8. The summed E-state index contributed by atoms with van der Waals surface area (Å²) in [5, 5.41) is 4.06. The van der Waals surface area contributed by atoms with Crippen LogP contribution in [-0.2, 0) is 9.53 Å². The highest BCUT2D eigenvalue weighted by Gasteiger charge is 2.32. The highest BCUT2D eigenvalue weighted by molar-refractivity contribution is 7.08. The van der Waals surface area contributed by atoms with E-state index in [0.717, 1.165) is 36.5 Å². The van der Waals surface area contributed by atoms with Crippen molar-refractivity contribution in [2.75, 3.05) is 13.7 Å². The second-order valence-corrected chi connectivity index (χ2v) is 6.32. The van der Waals surface area contributed by atoms with E-state index in [1.54, 1.807) is 4.90 Å². The number of nitrogens with zero attached hydrogens (tertiary/aromatic N) is 3. The topological polar surface area (TPSA) is 72.4 Å². The third-order valence-corrected chi connectivity index (χ3v) is 4.50. The van der Waals surface area contributed by atoms with Gasteiger partial charge in [-0.3, -0.25) is 9.59 Å². The van der Waals surface area contributed by atoms with E-state index < -0.39 is 0 Å². The number of amides is 1. The molecule has 1 aromatic rings. The number of hydrogen-bond donors (Lipinski definition) is 0. The first-order valence-corrected chi connectivity index (χ1v) is 8.02. The molecule has 21 heavy (non-hydrogen) atoms. The molecule has 1 atom stereocenters. The summed E-state index contributed by atoms with van der Waals surface area (Å²) in [6.45, 7) is 4.67. The van der Waals surface area contributed by atoms with Gasteiger partial charge in [-0.1, -0.05) is 18.3 Å². The largest absolute Gasteiger partial charge is 0.469 e. The first-order valence-electron chi connectivity index (χ1n) is 7.24. The summed E-state index contributed by atoms with van der Waals surface area (Å²) in [6.07, 6.45) is 3.09. The number of ether oxygens (including phenoxy) is 1. The highest BCUT2D eigenvalue weighted by atomic mass is 32.1. The van der Waals surface area contributed by atoms with Gasteiger partial charge in [-0.25, -0.2) is 0 Å². The SMILES string of the molecule is COC(=O)CC1CCCCN1C(=O)c1snnc1C(C)C. The van der Waals surface area contributed by atoms with Crippen LogP contribution in [-0.4, -0.2) is 46.1 Å². The van der Waals surface area contributed by atoms with Crippen molar-refractivity contribution in [2.24, 2.45) is 0 Å². The minimum atomic E-state index is -0.272. The van der Waals surface area contributed by atoms with Crippen LogP contribution in [0.3, 0.4) is 0 Å². The molecule has 6 nitrogen and oxygen atoms in total. The fourth-order valence-corrected chi connectivity index (χ4v) is 3.39. The van der Waals surface area contributed by atoms with Crippen LogP contribution in [0.25, 0.3) is 0 Å². The molecule has 0 N–H and O–H groups in total. The molecule has 1 saturated heterocycles. The molecule has 0 aromatic carbocycles. The minimum absolute atomic E-state index is 0.0534. The zero-order valence-electron chi connectivity index (χ0n) is 12.7. The molecule has 0 saturated carbocycles. The highest BCUT2D eigenvalue weighted by Crippen LogP contribution is 2.26. The molecule has 116 valence electrons. The first kappa shape index (κ1) is 15.9. The van der Waals surface area contributed by atoms with E-state index in [4.69, 9.17) is 4.74 Å². The van der Waals surface area contributed by atoms with Gasteiger partial charge in [-0.05, 0) is 36.7 Å². The van der Waals surface area contributed by atoms with Crippen LogP contribution in [0.1, 0.15) is 60.8 Å². The van der Waals surface area contributed by atoms with Gasteiger partial charge < -0.3 is 9.64 Å². The zero-order valence-corrected chi connectivity index (χ0v) is 13.5. The van der Waals surface area contributed by atoms with E-state index in [1.165, 1.54) is 7.11 Å². The summed E-state index contributed by atoms with van der Waals surface area (Å²) in [5.74, 6) is -0.167. The van der Waals surface area contributed by atoms with Crippen molar-refractivity contribution in [3.8, 4) is 0 Å². The summed E-state index contributed by atoms with van der Waals surface area (Å²) in [7, 11) is 1.38. The molecule has 1 amide bonds. The lowest BCUT2D eigenvalue weighted by atomic mass is 9.98. The molecule has 1 aliphatic rings. The molecule has 1 fully saturated rings. The van der Waals surface area contributed by atoms with Gasteiger partial charge in [0.1, 0.15) is 4.88 Å². The lowest BCUT2D eigenvalue weighted by Crippen LogP contribution is -2.45. The van der Waals surface area contributed by atoms with E-state index in [-0.39, 0.29) is 30.3 Å². The van der Waals surface area contributed by atoms with Crippen LogP contribution in [0.2, 0.25) is 0 Å². The maximum Gasteiger partial charge on any atom is 0.307 e. The number of likely N-dealkylation sites (tertiary alicyclic amines) is 1. The Balaban J connectivity index is 2.18. The molecular formula is C14H21N3O3S. The van der Waals surface area contributed by atoms with Gasteiger partial charge in [0.05, 0.1) is 19.2 Å². The van der Waals surface area contributed by atoms with Crippen molar-refractivity contribution >= 4 is 23.4 Å². The average Bonchev–Trinajstić information content (AvgIpc) is 2.96. The van der Waals surface area contributed by atoms with Crippen LogP contribution in [0, 0.1) is 0 Å². The Labute approximate surface area is 128 Å². The molecule has 7 heteroatoms. The van der Waals surface area contributed by atoms with E-state index in [1.807, 2.05) is 13.8 Å². The van der Waals surface area contributed by atoms with Gasteiger partial charge in [0.25, 0.3) is 5.91 Å². The fourth-order valence-electron chi connectivity index (χ4n) is 2.61. The second-order valence-electron chi connectivity index (χ2n) is 5.57. The van der Waals surface area contributed by atoms with E-state index in [0.29, 0.717) is 11.4 Å². The van der Waals surface area contributed by atoms with E-state index in [2.05, 4.69) is 9.59 Å². The summed E-state index contributed by atoms with van der Waals surface area (Å²) in [6, 6.07) is -0.0826. The number of piperidine rings is 1. The summed E-state index contributed by atoms with van der Waals surface area (Å²) in [5.41, 5.74) is 0.743. The second kappa shape index (κ2) is 6.98. The van der Waals surface area contributed by atoms with Gasteiger partial charge in [-0.2, -0.15) is 0 Å². The molecule has 0 aliphatic carbocycles. The van der Waals surface area contributed by atoms with Crippen LogP contribution in [0.5, 0.6) is 0 Å². The van der Waals surface area contributed by atoms with Crippen molar-refractivity contribution in [3.05, 3.63) is 10.6 Å². The Morgan fingerprint density at radius 2 is 2.19 bits per heavy atom. The Kier molecular flexibility index (Phi) is 5.27. The van der Waals surface area contributed by atoms with Gasteiger partial charge in [-0.15, -0.1) is 5.10 Å². The summed E-state index contributed by atoms with van der Waals surface area (Å²) >= 11 is 1.14. The van der Waals surface area contributed by atoms with E-state index in [9.17, 15) is 9.59 Å². The average molecular weight is 311 g/mol. The molecule has 1 aromatic heterocycles. The van der Waals surface area contributed by atoms with Gasteiger partial charge in [0.2, 0.25) is 0 Å². The Bertz CT molecular complexity index is 515. The fraction of sp³-hybridized carbons (Fsp3) is 0.714. The molecule has 2 heterocycles. The predicted octanol–water partition coefficient (Wildman–Crippen LogP) is 2.22. The number of carbonyl (C=O) groups excluding carboxylic acids is 2. The normalized spacial score (nSPS) is 18.9. The minimum Gasteiger partial charge on any atom is -0.469 e. The van der Waals surface area contributed by atoms with Crippen LogP contribution < -0.4 is 0 Å². The summed E-state index contributed by atoms with van der Waals surface area (Å²) in [4.78, 5) is 26.7. The Morgan fingerprint density at radius 3 is 2.86 bits per heavy atom. The van der Waals surface area contributed by atoms with Crippen LogP contribution in [0.15, 0.2) is 0 Å². The molecule has 2 rings (SSSR count). The maximum atomic E-state index is 12.8. The molecule has 0 spiro atoms. The van der Waals surface area contributed by atoms with Crippen molar-refractivity contribution < 1.29 is 14.3 Å². The third-order valence-electron chi connectivity index (χ3n) is 3.77. The van der Waals surface area contributed by atoms with Gasteiger partial charge >= 0.3 is 5.97 Å². The number of esters is 1. The number of aromatic nitrogens is 2. The molecule has 0 bridgehead atoms. The van der Waals surface area contributed by atoms with Crippen molar-refractivity contribution in [1.82, 2.24) is 14.5 Å². The lowest BCUT2D eigenvalue weighted by Gasteiger charge is -2.35. The standard InChI is InChI=1S/C14H21N3O3S/c1-9(2)12-13(21-16-15-12)14(19)17-7-5-4-6-10(17)8-11(18)20-3/h9-10H,4-8H2,1-3H3. The van der Waals surface area contributed by atoms with Crippen LogP contribution in [0.4, 0.5) is 0 Å². The summed E-state index contributed by atoms with van der Waals surface area (Å²) < 4.78 is 8.65. The number of methoxy groups -OCH3 is 1. The van der Waals surface area contributed by atoms with Crippen molar-refractivity contribution in [1.29, 1.82) is 0 Å². The Morgan fingerprint density at radius 1 is 1.43 bits per heavy atom. The van der Waals surface area contributed by atoms with E-state index >= 15 is 0 Å². The number of carbonyl (C=O) groups is 2. The molecule has 0 radical (unpaired) electrons. The molecule has 1 unspecified atom stereocenters. The zero-order chi connectivity index (χ0) is 15.4. The molecular weight excluding hydrogens is 290 g/mol. The lowest BCUT2D eigenvalue weighted by molar-refractivity contribution is -0.142. The quantitative estimate of drug-likeness (QED) is 0.797. The number of hydrogen-bond acceptors (Lipinski definition) is 6. The van der Waals surface area contributed by atoms with Crippen molar-refractivity contribution in [2.45, 2.75) is 51.5 Å². The monoisotopic (exact) mass is 311 g/mol. The third kappa shape index (κ3) is 3.58. The predicted molar refractivity (Wildman–Crippen MR) is 79.3 cm³/mol.